The summed E-state index contributed by atoms with van der Waals surface area (Å²) in [6.07, 6.45) is 0. The Kier molecular flexibility index (Phi) is 6.08. The summed E-state index contributed by atoms with van der Waals surface area (Å²) >= 11 is 0. The van der Waals surface area contributed by atoms with E-state index in [0.29, 0.717) is 11.3 Å². The Morgan fingerprint density at radius 1 is 1.12 bits per heavy atom. The van der Waals surface area contributed by atoms with Crippen LogP contribution in [-0.2, 0) is 10.0 Å². The van der Waals surface area contributed by atoms with Crippen LogP contribution < -0.4 is 9.62 Å². The fourth-order valence-electron chi connectivity index (χ4n) is 2.85. The Labute approximate surface area is 156 Å². The first-order valence-corrected chi connectivity index (χ1v) is 10.2. The van der Waals surface area contributed by atoms with Crippen molar-refractivity contribution < 1.29 is 13.2 Å². The standard InChI is InChI=1S/C20H26N2O3S/c1-6-26(24,25)22(5)18-10-8-17(9-11-18)20(23)21-16(4)19-12-7-14(2)13-15(19)3/h7-13,16H,6H2,1-5H3,(H,21,23)/t16-/m1/s1. The van der Waals surface area contributed by atoms with Gasteiger partial charge in [0.25, 0.3) is 5.91 Å². The molecule has 0 aromatic heterocycles. The van der Waals surface area contributed by atoms with E-state index in [-0.39, 0.29) is 17.7 Å². The van der Waals surface area contributed by atoms with Crippen LogP contribution in [0, 0.1) is 13.8 Å². The highest BCUT2D eigenvalue weighted by Crippen LogP contribution is 2.20. The van der Waals surface area contributed by atoms with Gasteiger partial charge in [0.15, 0.2) is 0 Å². The number of nitrogens with one attached hydrogen (secondary N) is 1. The second-order valence-electron chi connectivity index (χ2n) is 6.47. The minimum absolute atomic E-state index is 0.0269. The van der Waals surface area contributed by atoms with Gasteiger partial charge in [-0.3, -0.25) is 9.10 Å². The highest BCUT2D eigenvalue weighted by atomic mass is 32.2. The highest BCUT2D eigenvalue weighted by molar-refractivity contribution is 7.92. The molecule has 0 saturated carbocycles. The Morgan fingerprint density at radius 3 is 2.27 bits per heavy atom. The number of hydrogen-bond donors (Lipinski definition) is 1. The van der Waals surface area contributed by atoms with Crippen molar-refractivity contribution >= 4 is 21.6 Å². The number of anilines is 1. The number of sulfonamides is 1. The first-order chi connectivity index (χ1) is 12.2. The molecule has 0 saturated heterocycles. The highest BCUT2D eigenvalue weighted by Gasteiger charge is 2.17. The molecule has 0 fully saturated rings. The second-order valence-corrected chi connectivity index (χ2v) is 8.76. The molecule has 0 heterocycles. The zero-order chi connectivity index (χ0) is 19.5. The summed E-state index contributed by atoms with van der Waals surface area (Å²) in [6, 6.07) is 12.6. The lowest BCUT2D eigenvalue weighted by molar-refractivity contribution is 0.0940. The van der Waals surface area contributed by atoms with Gasteiger partial charge in [-0.1, -0.05) is 23.8 Å². The number of aryl methyl sites for hydroxylation is 2. The summed E-state index contributed by atoms with van der Waals surface area (Å²) in [7, 11) is -1.80. The molecule has 26 heavy (non-hydrogen) atoms. The van der Waals surface area contributed by atoms with Crippen molar-refractivity contribution in [2.45, 2.75) is 33.7 Å². The number of carbonyl (C=O) groups excluding carboxylic acids is 1. The third kappa shape index (κ3) is 4.43. The van der Waals surface area contributed by atoms with Gasteiger partial charge in [-0.15, -0.1) is 0 Å². The maximum Gasteiger partial charge on any atom is 0.251 e. The van der Waals surface area contributed by atoms with Crippen LogP contribution in [0.4, 0.5) is 5.69 Å². The predicted molar refractivity (Wildman–Crippen MR) is 106 cm³/mol. The van der Waals surface area contributed by atoms with E-state index in [2.05, 4.69) is 11.4 Å². The second kappa shape index (κ2) is 7.91. The average Bonchev–Trinajstić information content (AvgIpc) is 2.60. The molecule has 0 unspecified atom stereocenters. The van der Waals surface area contributed by atoms with Crippen molar-refractivity contribution in [3.05, 3.63) is 64.7 Å². The molecule has 0 aliphatic carbocycles. The molecule has 0 aliphatic rings. The molecule has 0 aliphatic heterocycles. The molecule has 1 atom stereocenters. The van der Waals surface area contributed by atoms with Crippen LogP contribution in [-0.4, -0.2) is 27.1 Å². The van der Waals surface area contributed by atoms with Crippen LogP contribution in [0.1, 0.15) is 46.9 Å². The number of rotatable bonds is 6. The number of nitrogens with zero attached hydrogens (tertiary/aromatic N) is 1. The van der Waals surface area contributed by atoms with Gasteiger partial charge in [0.1, 0.15) is 0 Å². The molecule has 0 radical (unpaired) electrons. The molecule has 140 valence electrons. The molecular weight excluding hydrogens is 348 g/mol. The quantitative estimate of drug-likeness (QED) is 0.840. The van der Waals surface area contributed by atoms with E-state index >= 15 is 0 Å². The Morgan fingerprint density at radius 2 is 1.73 bits per heavy atom. The van der Waals surface area contributed by atoms with Gasteiger partial charge in [-0.25, -0.2) is 8.42 Å². The minimum Gasteiger partial charge on any atom is -0.346 e. The third-order valence-corrected chi connectivity index (χ3v) is 6.29. The van der Waals surface area contributed by atoms with E-state index in [1.54, 1.807) is 31.2 Å². The van der Waals surface area contributed by atoms with Crippen molar-refractivity contribution in [1.29, 1.82) is 0 Å². The van der Waals surface area contributed by atoms with Crippen molar-refractivity contribution in [3.8, 4) is 0 Å². The van der Waals surface area contributed by atoms with Gasteiger partial charge >= 0.3 is 0 Å². The first-order valence-electron chi connectivity index (χ1n) is 8.60. The number of amides is 1. The summed E-state index contributed by atoms with van der Waals surface area (Å²) in [5, 5.41) is 2.99. The Hall–Kier alpha value is -2.34. The van der Waals surface area contributed by atoms with Crippen LogP contribution in [0.5, 0.6) is 0 Å². The molecule has 2 rings (SSSR count). The zero-order valence-electron chi connectivity index (χ0n) is 15.9. The average molecular weight is 375 g/mol. The van der Waals surface area contributed by atoms with Gasteiger partial charge in [0, 0.05) is 12.6 Å². The van der Waals surface area contributed by atoms with Crippen LogP contribution in [0.2, 0.25) is 0 Å². The van der Waals surface area contributed by atoms with Crippen molar-refractivity contribution in [2.24, 2.45) is 0 Å². The fourth-order valence-corrected chi connectivity index (χ4v) is 3.68. The molecule has 2 aromatic carbocycles. The van der Waals surface area contributed by atoms with Gasteiger partial charge < -0.3 is 5.32 Å². The molecule has 1 amide bonds. The molecule has 5 nitrogen and oxygen atoms in total. The first kappa shape index (κ1) is 20.0. The summed E-state index contributed by atoms with van der Waals surface area (Å²) in [5.41, 5.74) is 4.43. The predicted octanol–water partition coefficient (Wildman–Crippen LogP) is 3.58. The van der Waals surface area contributed by atoms with Crippen molar-refractivity contribution in [2.75, 3.05) is 17.1 Å². The molecule has 1 N–H and O–H groups in total. The van der Waals surface area contributed by atoms with Crippen LogP contribution in [0.25, 0.3) is 0 Å². The number of benzene rings is 2. The number of hydrogen-bond acceptors (Lipinski definition) is 3. The fraction of sp³-hybridized carbons (Fsp3) is 0.350. The maximum atomic E-state index is 12.5. The van der Waals surface area contributed by atoms with Gasteiger partial charge in [-0.05, 0) is 63.1 Å². The molecule has 6 heteroatoms. The minimum atomic E-state index is -3.31. The van der Waals surface area contributed by atoms with E-state index in [1.807, 2.05) is 32.9 Å². The largest absolute Gasteiger partial charge is 0.346 e. The lowest BCUT2D eigenvalue weighted by Crippen LogP contribution is -2.29. The summed E-state index contributed by atoms with van der Waals surface area (Å²) < 4.78 is 25.1. The summed E-state index contributed by atoms with van der Waals surface area (Å²) in [6.45, 7) is 7.62. The topological polar surface area (TPSA) is 66.5 Å². The zero-order valence-corrected chi connectivity index (χ0v) is 16.7. The monoisotopic (exact) mass is 374 g/mol. The molecule has 2 aromatic rings. The molecule has 0 bridgehead atoms. The molecule has 0 spiro atoms. The normalized spacial score (nSPS) is 12.5. The molecular formula is C20H26N2O3S. The third-order valence-electron chi connectivity index (χ3n) is 4.51. The van der Waals surface area contributed by atoms with E-state index in [9.17, 15) is 13.2 Å². The van der Waals surface area contributed by atoms with Crippen molar-refractivity contribution in [1.82, 2.24) is 5.32 Å². The van der Waals surface area contributed by atoms with Gasteiger partial charge in [0.2, 0.25) is 10.0 Å². The SMILES string of the molecule is CCS(=O)(=O)N(C)c1ccc(C(=O)N[C@H](C)c2ccc(C)cc2C)cc1. The van der Waals surface area contributed by atoms with E-state index in [0.717, 1.165) is 11.1 Å². The number of carbonyl (C=O) groups is 1. The van der Waals surface area contributed by atoms with E-state index in [1.165, 1.54) is 16.9 Å². The Bertz CT molecular complexity index is 890. The van der Waals surface area contributed by atoms with Crippen LogP contribution >= 0.6 is 0 Å². The summed E-state index contributed by atoms with van der Waals surface area (Å²) in [5.74, 6) is -0.163. The van der Waals surface area contributed by atoms with Crippen LogP contribution in [0.3, 0.4) is 0 Å². The van der Waals surface area contributed by atoms with Gasteiger partial charge in [0.05, 0.1) is 17.5 Å². The Balaban J connectivity index is 2.13. The maximum absolute atomic E-state index is 12.5. The summed E-state index contributed by atoms with van der Waals surface area (Å²) in [4.78, 5) is 12.5. The lowest BCUT2D eigenvalue weighted by atomic mass is 10.00. The smallest absolute Gasteiger partial charge is 0.251 e. The van der Waals surface area contributed by atoms with E-state index < -0.39 is 10.0 Å². The lowest BCUT2D eigenvalue weighted by Gasteiger charge is -2.19. The van der Waals surface area contributed by atoms with E-state index in [4.69, 9.17) is 0 Å². The van der Waals surface area contributed by atoms with Gasteiger partial charge in [-0.2, -0.15) is 0 Å². The van der Waals surface area contributed by atoms with Crippen molar-refractivity contribution in [3.63, 3.8) is 0 Å². The van der Waals surface area contributed by atoms with Crippen LogP contribution in [0.15, 0.2) is 42.5 Å².